The van der Waals surface area contributed by atoms with Crippen LogP contribution in [0, 0.1) is 20.8 Å². The predicted molar refractivity (Wildman–Crippen MR) is 193 cm³/mol. The molecule has 0 N–H and O–H groups in total. The summed E-state index contributed by atoms with van der Waals surface area (Å²) in [7, 11) is 2.14. The van der Waals surface area contributed by atoms with Gasteiger partial charge in [-0.05, 0) is 89.8 Å². The van der Waals surface area contributed by atoms with E-state index in [2.05, 4.69) is 146 Å². The molecule has 0 spiro atoms. The molecule has 0 atom stereocenters. The molecule has 0 bridgehead atoms. The molecule has 0 unspecified atom stereocenters. The van der Waals surface area contributed by atoms with Crippen molar-refractivity contribution in [1.82, 2.24) is 9.97 Å². The monoisotopic (exact) mass is 610 g/mol. The summed E-state index contributed by atoms with van der Waals surface area (Å²) in [5, 5.41) is 0. The fourth-order valence-corrected chi connectivity index (χ4v) is 6.52. The Bertz CT molecular complexity index is 1890. The lowest BCUT2D eigenvalue weighted by Gasteiger charge is -2.25. The van der Waals surface area contributed by atoms with Gasteiger partial charge in [0, 0.05) is 42.8 Å². The first-order chi connectivity index (χ1) is 21.7. The highest BCUT2D eigenvalue weighted by Gasteiger charge is 2.26. The molecule has 0 aliphatic carbocycles. The summed E-state index contributed by atoms with van der Waals surface area (Å²) in [5.41, 5.74) is 13.4. The first kappa shape index (κ1) is 31.3. The molecule has 5 heteroatoms. The van der Waals surface area contributed by atoms with E-state index in [-0.39, 0.29) is 10.8 Å². The third kappa shape index (κ3) is 6.11. The van der Waals surface area contributed by atoms with Gasteiger partial charge in [0.2, 0.25) is 0 Å². The van der Waals surface area contributed by atoms with Crippen molar-refractivity contribution in [2.24, 2.45) is 0 Å². The van der Waals surface area contributed by atoms with Gasteiger partial charge in [-0.2, -0.15) is 0 Å². The average Bonchev–Trinajstić information content (AvgIpc) is 3.32. The number of benzene rings is 3. The van der Waals surface area contributed by atoms with E-state index in [1.54, 1.807) is 0 Å². The Labute approximate surface area is 274 Å². The summed E-state index contributed by atoms with van der Waals surface area (Å²) >= 11 is 0. The zero-order valence-electron chi connectivity index (χ0n) is 29.0. The second kappa shape index (κ2) is 11.6. The minimum absolute atomic E-state index is 0.0326. The molecule has 1 aliphatic rings. The average molecular weight is 611 g/mol. The van der Waals surface area contributed by atoms with Gasteiger partial charge in [0.1, 0.15) is 11.5 Å². The van der Waals surface area contributed by atoms with Crippen LogP contribution >= 0.6 is 0 Å². The van der Waals surface area contributed by atoms with Crippen molar-refractivity contribution in [2.75, 3.05) is 23.5 Å². The topological polar surface area (TPSA) is 41.5 Å². The summed E-state index contributed by atoms with van der Waals surface area (Å²) in [6.45, 7) is 20.5. The number of hydrogen-bond acceptors (Lipinski definition) is 5. The van der Waals surface area contributed by atoms with E-state index >= 15 is 0 Å². The Morgan fingerprint density at radius 1 is 0.696 bits per heavy atom. The lowest BCUT2D eigenvalue weighted by Crippen LogP contribution is -2.24. The quantitative estimate of drug-likeness (QED) is 0.198. The van der Waals surface area contributed by atoms with Crippen LogP contribution in [-0.4, -0.2) is 23.7 Å². The van der Waals surface area contributed by atoms with Crippen molar-refractivity contribution in [3.8, 4) is 34.0 Å². The molecule has 3 heterocycles. The Morgan fingerprint density at radius 3 is 2.00 bits per heavy atom. The maximum atomic E-state index is 6.95. The number of aryl methyl sites for hydroxylation is 3. The fraction of sp³-hybridized carbons (Fsp3) is 0.317. The number of rotatable bonds is 5. The first-order valence-corrected chi connectivity index (χ1v) is 16.2. The third-order valence-electron chi connectivity index (χ3n) is 8.90. The Balaban J connectivity index is 1.49. The zero-order valence-corrected chi connectivity index (χ0v) is 29.0. The second-order valence-corrected chi connectivity index (χ2v) is 14.8. The van der Waals surface area contributed by atoms with Crippen LogP contribution in [-0.2, 0) is 10.8 Å². The first-order valence-electron chi connectivity index (χ1n) is 16.2. The number of hydrogen-bond donors (Lipinski definition) is 0. The summed E-state index contributed by atoms with van der Waals surface area (Å²) in [6.07, 6.45) is 3.91. The van der Waals surface area contributed by atoms with Crippen molar-refractivity contribution < 1.29 is 4.74 Å². The Hall–Kier alpha value is -4.64. The molecule has 0 saturated carbocycles. The van der Waals surface area contributed by atoms with Crippen LogP contribution in [0.15, 0.2) is 85.2 Å². The summed E-state index contributed by atoms with van der Waals surface area (Å²) in [6, 6.07) is 26.0. The number of anilines is 3. The van der Waals surface area contributed by atoms with Gasteiger partial charge in [-0.3, -0.25) is 9.97 Å². The molecule has 0 fully saturated rings. The number of para-hydroxylation sites is 2. The number of pyridine rings is 2. The molecule has 236 valence electrons. The van der Waals surface area contributed by atoms with Crippen LogP contribution in [0.3, 0.4) is 0 Å². The number of fused-ring (bicyclic) bond motifs is 1. The predicted octanol–water partition coefficient (Wildman–Crippen LogP) is 10.7. The van der Waals surface area contributed by atoms with Gasteiger partial charge >= 0.3 is 0 Å². The van der Waals surface area contributed by atoms with E-state index < -0.39 is 0 Å². The lowest BCUT2D eigenvalue weighted by atomic mass is 9.87. The minimum atomic E-state index is -0.175. The van der Waals surface area contributed by atoms with Crippen LogP contribution in [0.25, 0.3) is 22.5 Å². The molecule has 5 nitrogen and oxygen atoms in total. The van der Waals surface area contributed by atoms with E-state index in [1.807, 2.05) is 18.5 Å². The summed E-state index contributed by atoms with van der Waals surface area (Å²) in [5.74, 6) is 1.58. The van der Waals surface area contributed by atoms with E-state index in [0.29, 0.717) is 0 Å². The van der Waals surface area contributed by atoms with E-state index in [4.69, 9.17) is 14.7 Å². The van der Waals surface area contributed by atoms with Crippen LogP contribution in [0.2, 0.25) is 0 Å². The van der Waals surface area contributed by atoms with Gasteiger partial charge in [0.15, 0.2) is 0 Å². The maximum absolute atomic E-state index is 6.95. The normalized spacial score (nSPS) is 13.3. The molecule has 46 heavy (non-hydrogen) atoms. The van der Waals surface area contributed by atoms with Gasteiger partial charge in [-0.1, -0.05) is 77.4 Å². The van der Waals surface area contributed by atoms with Crippen LogP contribution in [0.4, 0.5) is 17.1 Å². The van der Waals surface area contributed by atoms with Crippen molar-refractivity contribution in [3.63, 3.8) is 0 Å². The van der Waals surface area contributed by atoms with Gasteiger partial charge in [-0.15, -0.1) is 0 Å². The van der Waals surface area contributed by atoms with Crippen LogP contribution < -0.4 is 14.5 Å². The van der Waals surface area contributed by atoms with E-state index in [9.17, 15) is 0 Å². The number of ether oxygens (including phenoxy) is 1. The summed E-state index contributed by atoms with van der Waals surface area (Å²) in [4.78, 5) is 14.3. The minimum Gasteiger partial charge on any atom is -0.457 e. The number of nitrogens with zero attached hydrogens (tertiary/aromatic N) is 4. The third-order valence-corrected chi connectivity index (χ3v) is 8.90. The second-order valence-electron chi connectivity index (χ2n) is 14.8. The molecule has 1 aliphatic heterocycles. The molecule has 0 amide bonds. The van der Waals surface area contributed by atoms with E-state index in [1.165, 1.54) is 39.2 Å². The molecule has 5 aromatic rings. The molecule has 2 aromatic heterocycles. The molecule has 3 aromatic carbocycles. The SMILES string of the molecule is Cc1cc(C)c(-c2cc(Oc3cc(-c4ccc(C(C)(C)C)cn4)ncc3C(C)(C)C)cc(N3CN(C)c4ccccc43)c2)c(C)c1. The zero-order chi connectivity index (χ0) is 33.0. The fourth-order valence-electron chi connectivity index (χ4n) is 6.52. The largest absolute Gasteiger partial charge is 0.457 e. The number of aromatic nitrogens is 2. The van der Waals surface area contributed by atoms with Crippen molar-refractivity contribution in [1.29, 1.82) is 0 Å². The lowest BCUT2D eigenvalue weighted by molar-refractivity contribution is 0.454. The van der Waals surface area contributed by atoms with Gasteiger partial charge in [0.25, 0.3) is 0 Å². The van der Waals surface area contributed by atoms with Crippen molar-refractivity contribution in [2.45, 2.75) is 73.1 Å². The molecule has 6 rings (SSSR count). The highest BCUT2D eigenvalue weighted by molar-refractivity contribution is 5.85. The molecular formula is C41H46N4O. The van der Waals surface area contributed by atoms with E-state index in [0.717, 1.165) is 46.4 Å². The Kier molecular flexibility index (Phi) is 7.92. The maximum Gasteiger partial charge on any atom is 0.134 e. The molecule has 0 radical (unpaired) electrons. The van der Waals surface area contributed by atoms with Gasteiger partial charge < -0.3 is 14.5 Å². The van der Waals surface area contributed by atoms with Gasteiger partial charge in [-0.25, -0.2) is 0 Å². The van der Waals surface area contributed by atoms with Crippen LogP contribution in [0.5, 0.6) is 11.5 Å². The molecular weight excluding hydrogens is 564 g/mol. The standard InChI is InChI=1S/C41H46N4O/c1-26-17-27(2)39(28(3)18-26)29-19-31(45-25-44(10)36-13-11-12-14-37(36)45)21-32(20-29)46-38-22-35(43-24-33(38)41(7,8)9)34-16-15-30(23-42-34)40(4,5)6/h11-24H,25H2,1-10H3. The highest BCUT2D eigenvalue weighted by Crippen LogP contribution is 2.44. The van der Waals surface area contributed by atoms with Crippen molar-refractivity contribution >= 4 is 17.1 Å². The summed E-state index contributed by atoms with van der Waals surface area (Å²) < 4.78 is 6.95. The van der Waals surface area contributed by atoms with Crippen LogP contribution in [0.1, 0.15) is 69.4 Å². The van der Waals surface area contributed by atoms with Crippen molar-refractivity contribution in [3.05, 3.63) is 113 Å². The van der Waals surface area contributed by atoms with Gasteiger partial charge in [0.05, 0.1) is 29.4 Å². The molecule has 0 saturated heterocycles. The Morgan fingerprint density at radius 2 is 1.37 bits per heavy atom. The smallest absolute Gasteiger partial charge is 0.134 e. The highest BCUT2D eigenvalue weighted by atomic mass is 16.5.